The number of hydrogen-bond acceptors (Lipinski definition) is 1. The molecule has 0 aliphatic heterocycles. The molecule has 9 aromatic rings. The fraction of sp³-hybridized carbons (Fsp3) is 0.143. The molecule has 0 aromatic heterocycles. The average molecular weight is 914 g/mol. The molecular weight excluding hydrogens is 855 g/mol. The number of rotatable bonds is 9. The van der Waals surface area contributed by atoms with Crippen molar-refractivity contribution in [3.8, 4) is 33.4 Å². The van der Waals surface area contributed by atoms with E-state index in [9.17, 15) is 0 Å². The van der Waals surface area contributed by atoms with Crippen LogP contribution >= 0.6 is 0 Å². The van der Waals surface area contributed by atoms with Gasteiger partial charge in [0, 0.05) is 17.1 Å². The van der Waals surface area contributed by atoms with Crippen LogP contribution in [-0.2, 0) is 5.41 Å². The standard InChI is InChI=1S/C70H59N/c1-50-21-7-2-16-30-62(56-41-48-65-64-32-19-20-34-67(64)70(68(65)49-56,57-26-12-5-13-27-57)58-28-14-6-15-29-58)63-31-17-18-33-66(63)69(50)55-39-46-61(47-40-55)71(59-42-35-53(36-43-59)51-22-8-3-9-23-51)60-44-37-54(38-45-60)52-24-10-4-11-25-52/h3-6,8-15,19-20,22-29,32,34-49H,1-2,7,16-18,21,30-31,33H2/b63-62+,69-66+. The van der Waals surface area contributed by atoms with Crippen molar-refractivity contribution in [2.45, 2.75) is 63.2 Å². The Bertz CT molecular complexity index is 3270. The number of anilines is 3. The van der Waals surface area contributed by atoms with Gasteiger partial charge in [-0.25, -0.2) is 0 Å². The number of nitrogens with zero attached hydrogens (tertiary/aromatic N) is 1. The second-order valence-electron chi connectivity index (χ2n) is 19.7. The molecule has 0 saturated heterocycles. The molecule has 3 aliphatic rings. The van der Waals surface area contributed by atoms with E-state index in [1.54, 1.807) is 5.57 Å². The summed E-state index contributed by atoms with van der Waals surface area (Å²) in [6, 6.07) is 87.9. The molecule has 1 nitrogen and oxygen atoms in total. The summed E-state index contributed by atoms with van der Waals surface area (Å²) in [6.07, 6.45) is 10.2. The molecule has 71 heavy (non-hydrogen) atoms. The summed E-state index contributed by atoms with van der Waals surface area (Å²) < 4.78 is 0. The molecule has 344 valence electrons. The van der Waals surface area contributed by atoms with Gasteiger partial charge in [-0.2, -0.15) is 0 Å². The zero-order chi connectivity index (χ0) is 47.6. The first-order chi connectivity index (χ1) is 35.1. The molecular formula is C70H59N. The van der Waals surface area contributed by atoms with E-state index in [0.29, 0.717) is 0 Å². The highest BCUT2D eigenvalue weighted by Gasteiger charge is 2.46. The van der Waals surface area contributed by atoms with Gasteiger partial charge >= 0.3 is 0 Å². The first-order valence-electron chi connectivity index (χ1n) is 25.9. The molecule has 0 spiro atoms. The second kappa shape index (κ2) is 19.4. The summed E-state index contributed by atoms with van der Waals surface area (Å²) in [6.45, 7) is 4.92. The third kappa shape index (κ3) is 8.20. The Morgan fingerprint density at radius 3 is 1.28 bits per heavy atom. The van der Waals surface area contributed by atoms with E-state index < -0.39 is 5.41 Å². The van der Waals surface area contributed by atoms with Crippen LogP contribution in [0.15, 0.2) is 260 Å². The first-order valence-corrected chi connectivity index (χ1v) is 25.9. The predicted octanol–water partition coefficient (Wildman–Crippen LogP) is 19.2. The monoisotopic (exact) mass is 913 g/mol. The van der Waals surface area contributed by atoms with Crippen LogP contribution < -0.4 is 4.90 Å². The Kier molecular flexibility index (Phi) is 12.1. The van der Waals surface area contributed by atoms with Crippen LogP contribution in [0.4, 0.5) is 17.1 Å². The third-order valence-electron chi connectivity index (χ3n) is 15.6. The maximum Gasteiger partial charge on any atom is 0.0713 e. The lowest BCUT2D eigenvalue weighted by Gasteiger charge is -2.34. The van der Waals surface area contributed by atoms with Gasteiger partial charge < -0.3 is 4.90 Å². The molecule has 0 unspecified atom stereocenters. The molecule has 12 rings (SSSR count). The fourth-order valence-corrected chi connectivity index (χ4v) is 12.2. The van der Waals surface area contributed by atoms with Crippen molar-refractivity contribution < 1.29 is 0 Å². The Morgan fingerprint density at radius 2 is 0.718 bits per heavy atom. The highest BCUT2D eigenvalue weighted by Crippen LogP contribution is 2.57. The first kappa shape index (κ1) is 44.2. The molecule has 0 amide bonds. The number of allylic oxidation sites excluding steroid dienone is 5. The largest absolute Gasteiger partial charge is 0.311 e. The van der Waals surface area contributed by atoms with E-state index in [0.717, 1.165) is 49.2 Å². The molecule has 0 radical (unpaired) electrons. The maximum absolute atomic E-state index is 4.92. The number of benzene rings is 9. The second-order valence-corrected chi connectivity index (χ2v) is 19.7. The molecule has 0 bridgehead atoms. The topological polar surface area (TPSA) is 3.24 Å². The summed E-state index contributed by atoms with van der Waals surface area (Å²) in [5.41, 5.74) is 25.7. The van der Waals surface area contributed by atoms with E-state index >= 15 is 0 Å². The minimum Gasteiger partial charge on any atom is -0.311 e. The van der Waals surface area contributed by atoms with Crippen molar-refractivity contribution in [2.75, 3.05) is 4.90 Å². The lowest BCUT2D eigenvalue weighted by Crippen LogP contribution is -2.28. The van der Waals surface area contributed by atoms with Gasteiger partial charge in [0.25, 0.3) is 0 Å². The fourth-order valence-electron chi connectivity index (χ4n) is 12.2. The Hall–Kier alpha value is -8.00. The number of hydrogen-bond donors (Lipinski definition) is 0. The van der Waals surface area contributed by atoms with E-state index in [1.807, 2.05) is 0 Å². The lowest BCUT2D eigenvalue weighted by atomic mass is 9.67. The van der Waals surface area contributed by atoms with Gasteiger partial charge in [-0.15, -0.1) is 0 Å². The van der Waals surface area contributed by atoms with Crippen molar-refractivity contribution in [1.82, 2.24) is 0 Å². The maximum atomic E-state index is 4.92. The molecule has 0 N–H and O–H groups in total. The van der Waals surface area contributed by atoms with Crippen molar-refractivity contribution in [1.29, 1.82) is 0 Å². The van der Waals surface area contributed by atoms with Crippen LogP contribution in [0, 0.1) is 0 Å². The van der Waals surface area contributed by atoms with Crippen LogP contribution in [0.25, 0.3) is 44.5 Å². The van der Waals surface area contributed by atoms with Gasteiger partial charge in [-0.1, -0.05) is 207 Å². The molecule has 1 saturated carbocycles. The third-order valence-corrected chi connectivity index (χ3v) is 15.6. The lowest BCUT2D eigenvalue weighted by molar-refractivity contribution is 0.661. The summed E-state index contributed by atoms with van der Waals surface area (Å²) in [5, 5.41) is 0. The van der Waals surface area contributed by atoms with Crippen LogP contribution in [0.1, 0.15) is 91.2 Å². The molecule has 9 aromatic carbocycles. The Labute approximate surface area is 420 Å². The van der Waals surface area contributed by atoms with Crippen LogP contribution in [0.3, 0.4) is 0 Å². The summed E-state index contributed by atoms with van der Waals surface area (Å²) in [4.78, 5) is 2.40. The van der Waals surface area contributed by atoms with Crippen molar-refractivity contribution in [3.63, 3.8) is 0 Å². The van der Waals surface area contributed by atoms with Crippen LogP contribution in [-0.4, -0.2) is 0 Å². The normalized spacial score (nSPS) is 17.4. The summed E-state index contributed by atoms with van der Waals surface area (Å²) >= 11 is 0. The van der Waals surface area contributed by atoms with Crippen molar-refractivity contribution in [3.05, 3.63) is 293 Å². The van der Waals surface area contributed by atoms with Gasteiger partial charge in [0.2, 0.25) is 0 Å². The SMILES string of the molecule is C=C1CCCCC/C(c2ccc3c(c2)C(c2ccccc2)(c2ccccc2)c2ccccc2-3)=C2/CCCC/C2=C/1c1ccc(N(c2ccc(-c3ccccc3)cc2)c2ccc(-c3ccccc3)cc2)cc1. The summed E-state index contributed by atoms with van der Waals surface area (Å²) in [5.74, 6) is 0. The van der Waals surface area contributed by atoms with E-state index in [2.05, 4.69) is 241 Å². The quantitative estimate of drug-likeness (QED) is 0.139. The molecule has 1 fully saturated rings. The van der Waals surface area contributed by atoms with Crippen molar-refractivity contribution in [2.24, 2.45) is 0 Å². The van der Waals surface area contributed by atoms with Crippen molar-refractivity contribution >= 4 is 28.2 Å². The molecule has 0 heterocycles. The zero-order valence-corrected chi connectivity index (χ0v) is 40.5. The van der Waals surface area contributed by atoms with Gasteiger partial charge in [0.1, 0.15) is 0 Å². The minimum absolute atomic E-state index is 0.431. The van der Waals surface area contributed by atoms with Gasteiger partial charge in [0.15, 0.2) is 0 Å². The number of fused-ring (bicyclic) bond motifs is 4. The predicted molar refractivity (Wildman–Crippen MR) is 300 cm³/mol. The smallest absolute Gasteiger partial charge is 0.0713 e. The molecule has 3 aliphatic carbocycles. The van der Waals surface area contributed by atoms with E-state index in [-0.39, 0.29) is 0 Å². The Balaban J connectivity index is 0.981. The highest BCUT2D eigenvalue weighted by atomic mass is 15.1. The molecule has 1 heteroatoms. The van der Waals surface area contributed by atoms with Gasteiger partial charge in [-0.3, -0.25) is 0 Å². The van der Waals surface area contributed by atoms with E-state index in [1.165, 1.54) is 115 Å². The van der Waals surface area contributed by atoms with Crippen LogP contribution in [0.5, 0.6) is 0 Å². The Morgan fingerprint density at radius 1 is 0.310 bits per heavy atom. The highest BCUT2D eigenvalue weighted by molar-refractivity contribution is 5.91. The van der Waals surface area contributed by atoms with Crippen LogP contribution in [0.2, 0.25) is 0 Å². The van der Waals surface area contributed by atoms with Gasteiger partial charge in [-0.05, 0) is 188 Å². The summed E-state index contributed by atoms with van der Waals surface area (Å²) in [7, 11) is 0. The minimum atomic E-state index is -0.431. The van der Waals surface area contributed by atoms with E-state index in [4.69, 9.17) is 6.58 Å². The zero-order valence-electron chi connectivity index (χ0n) is 40.5. The van der Waals surface area contributed by atoms with Gasteiger partial charge in [0.05, 0.1) is 5.41 Å². The molecule has 0 atom stereocenters. The average Bonchev–Trinajstić information content (AvgIpc) is 3.74.